The van der Waals surface area contributed by atoms with Gasteiger partial charge in [-0.15, -0.1) is 0 Å². The molecule has 1 aromatic heterocycles. The molecule has 0 aliphatic rings. The van der Waals surface area contributed by atoms with Gasteiger partial charge < -0.3 is 4.74 Å². The van der Waals surface area contributed by atoms with E-state index in [-0.39, 0.29) is 5.56 Å². The Morgan fingerprint density at radius 1 is 1.38 bits per heavy atom. The number of aromatic amines is 2. The molecule has 2 N–H and O–H groups in total. The van der Waals surface area contributed by atoms with Gasteiger partial charge in [0.25, 0.3) is 5.56 Å². The summed E-state index contributed by atoms with van der Waals surface area (Å²) in [5.74, 6) is 0.703. The second-order valence-corrected chi connectivity index (χ2v) is 3.47. The van der Waals surface area contributed by atoms with Crippen molar-refractivity contribution in [1.82, 2.24) is 10.2 Å². The summed E-state index contributed by atoms with van der Waals surface area (Å²) in [5.41, 5.74) is 0.598. The second kappa shape index (κ2) is 2.92. The number of hydrogen-bond acceptors (Lipinski definition) is 2. The van der Waals surface area contributed by atoms with Crippen molar-refractivity contribution in [3.8, 4) is 5.75 Å². The predicted molar refractivity (Wildman–Crippen MR) is 53.2 cm³/mol. The van der Waals surface area contributed by atoms with Crippen LogP contribution >= 0.6 is 15.9 Å². The number of H-pyrrole nitrogens is 2. The Balaban J connectivity index is 2.87. The Kier molecular flexibility index (Phi) is 1.88. The number of ether oxygens (including phenoxy) is 1. The average Bonchev–Trinajstić information content (AvgIpc) is 2.48. The first-order valence-electron chi connectivity index (χ1n) is 3.66. The van der Waals surface area contributed by atoms with Gasteiger partial charge in [-0.3, -0.25) is 15.0 Å². The van der Waals surface area contributed by atoms with Crippen LogP contribution in [0.3, 0.4) is 0 Å². The standard InChI is InChI=1S/C8H7BrN2O2/c1-13-4-2-5(9)7-6(3-4)10-11-8(7)12/h2-3H,1H3,(H2,10,11,12). The van der Waals surface area contributed by atoms with Crippen LogP contribution in [0.2, 0.25) is 0 Å². The van der Waals surface area contributed by atoms with Gasteiger partial charge in [0, 0.05) is 10.5 Å². The van der Waals surface area contributed by atoms with Crippen LogP contribution in [0.1, 0.15) is 0 Å². The molecule has 4 nitrogen and oxygen atoms in total. The zero-order valence-electron chi connectivity index (χ0n) is 6.85. The third-order valence-corrected chi connectivity index (χ3v) is 2.46. The van der Waals surface area contributed by atoms with E-state index >= 15 is 0 Å². The van der Waals surface area contributed by atoms with Gasteiger partial charge in [-0.2, -0.15) is 0 Å². The molecule has 1 heterocycles. The Bertz CT molecular complexity index is 500. The minimum absolute atomic E-state index is 0.135. The highest BCUT2D eigenvalue weighted by atomic mass is 79.9. The molecule has 0 saturated heterocycles. The van der Waals surface area contributed by atoms with E-state index in [2.05, 4.69) is 26.1 Å². The summed E-state index contributed by atoms with van der Waals surface area (Å²) in [7, 11) is 1.58. The van der Waals surface area contributed by atoms with E-state index in [4.69, 9.17) is 4.74 Å². The summed E-state index contributed by atoms with van der Waals surface area (Å²) in [6.07, 6.45) is 0. The lowest BCUT2D eigenvalue weighted by Gasteiger charge is -1.99. The second-order valence-electron chi connectivity index (χ2n) is 2.61. The average molecular weight is 243 g/mol. The van der Waals surface area contributed by atoms with Crippen molar-refractivity contribution in [1.29, 1.82) is 0 Å². The van der Waals surface area contributed by atoms with Crippen LogP contribution in [0.5, 0.6) is 5.75 Å². The predicted octanol–water partition coefficient (Wildman–Crippen LogP) is 1.63. The fourth-order valence-corrected chi connectivity index (χ4v) is 1.83. The van der Waals surface area contributed by atoms with Gasteiger partial charge in [0.1, 0.15) is 5.75 Å². The highest BCUT2D eigenvalue weighted by Gasteiger charge is 2.06. The first-order valence-corrected chi connectivity index (χ1v) is 4.45. The monoisotopic (exact) mass is 242 g/mol. The smallest absolute Gasteiger partial charge is 0.272 e. The van der Waals surface area contributed by atoms with E-state index in [0.29, 0.717) is 11.1 Å². The van der Waals surface area contributed by atoms with E-state index in [1.807, 2.05) is 0 Å². The van der Waals surface area contributed by atoms with Crippen molar-refractivity contribution >= 4 is 26.8 Å². The maximum Gasteiger partial charge on any atom is 0.272 e. The van der Waals surface area contributed by atoms with Crippen LogP contribution in [0.25, 0.3) is 10.9 Å². The lowest BCUT2D eigenvalue weighted by Crippen LogP contribution is -1.98. The van der Waals surface area contributed by atoms with Crippen molar-refractivity contribution in [3.05, 3.63) is 27.0 Å². The molecular formula is C8H7BrN2O2. The molecule has 1 aromatic carbocycles. The first kappa shape index (κ1) is 8.37. The van der Waals surface area contributed by atoms with E-state index in [9.17, 15) is 4.79 Å². The minimum atomic E-state index is -0.135. The summed E-state index contributed by atoms with van der Waals surface area (Å²) in [4.78, 5) is 11.2. The Labute approximate surface area is 82.0 Å². The van der Waals surface area contributed by atoms with Crippen LogP contribution in [-0.4, -0.2) is 17.3 Å². The number of aromatic nitrogens is 2. The van der Waals surface area contributed by atoms with Crippen molar-refractivity contribution in [3.63, 3.8) is 0 Å². The fourth-order valence-electron chi connectivity index (χ4n) is 1.22. The number of rotatable bonds is 1. The zero-order chi connectivity index (χ0) is 9.42. The maximum absolute atomic E-state index is 11.2. The normalized spacial score (nSPS) is 10.6. The molecule has 0 radical (unpaired) electrons. The Hall–Kier alpha value is -1.23. The number of methoxy groups -OCH3 is 1. The highest BCUT2D eigenvalue weighted by Crippen LogP contribution is 2.25. The maximum atomic E-state index is 11.2. The van der Waals surface area contributed by atoms with Crippen LogP contribution < -0.4 is 10.3 Å². The van der Waals surface area contributed by atoms with E-state index < -0.39 is 0 Å². The quantitative estimate of drug-likeness (QED) is 0.799. The van der Waals surface area contributed by atoms with Crippen LogP contribution in [0, 0.1) is 0 Å². The molecule has 5 heteroatoms. The molecule has 13 heavy (non-hydrogen) atoms. The Morgan fingerprint density at radius 2 is 2.15 bits per heavy atom. The molecular weight excluding hydrogens is 236 g/mol. The molecule has 0 unspecified atom stereocenters. The zero-order valence-corrected chi connectivity index (χ0v) is 8.44. The molecule has 2 aromatic rings. The van der Waals surface area contributed by atoms with Gasteiger partial charge in [0.15, 0.2) is 0 Å². The van der Waals surface area contributed by atoms with Gasteiger partial charge in [-0.25, -0.2) is 0 Å². The third-order valence-electron chi connectivity index (χ3n) is 1.84. The fraction of sp³-hybridized carbons (Fsp3) is 0.125. The van der Waals surface area contributed by atoms with Gasteiger partial charge in [0.2, 0.25) is 0 Å². The van der Waals surface area contributed by atoms with E-state index in [1.54, 1.807) is 19.2 Å². The van der Waals surface area contributed by atoms with Crippen LogP contribution in [-0.2, 0) is 0 Å². The van der Waals surface area contributed by atoms with Gasteiger partial charge in [0.05, 0.1) is 18.0 Å². The van der Waals surface area contributed by atoms with Crippen molar-refractivity contribution in [2.45, 2.75) is 0 Å². The molecule has 0 fully saturated rings. The minimum Gasteiger partial charge on any atom is -0.497 e. The Morgan fingerprint density at radius 3 is 2.85 bits per heavy atom. The van der Waals surface area contributed by atoms with Crippen LogP contribution in [0.4, 0.5) is 0 Å². The molecule has 0 saturated carbocycles. The van der Waals surface area contributed by atoms with Crippen molar-refractivity contribution in [2.24, 2.45) is 0 Å². The molecule has 0 bridgehead atoms. The number of benzene rings is 1. The van der Waals surface area contributed by atoms with Gasteiger partial charge >= 0.3 is 0 Å². The summed E-state index contributed by atoms with van der Waals surface area (Å²) in [5, 5.41) is 5.87. The van der Waals surface area contributed by atoms with Crippen molar-refractivity contribution in [2.75, 3.05) is 7.11 Å². The van der Waals surface area contributed by atoms with E-state index in [1.165, 1.54) is 0 Å². The highest BCUT2D eigenvalue weighted by molar-refractivity contribution is 9.10. The first-order chi connectivity index (χ1) is 6.22. The van der Waals surface area contributed by atoms with E-state index in [0.717, 1.165) is 9.99 Å². The lowest BCUT2D eigenvalue weighted by molar-refractivity contribution is 0.415. The molecule has 0 spiro atoms. The molecule has 0 atom stereocenters. The van der Waals surface area contributed by atoms with Gasteiger partial charge in [-0.1, -0.05) is 0 Å². The molecule has 0 amide bonds. The largest absolute Gasteiger partial charge is 0.497 e. The van der Waals surface area contributed by atoms with Crippen LogP contribution in [0.15, 0.2) is 21.4 Å². The lowest BCUT2D eigenvalue weighted by atomic mass is 10.2. The summed E-state index contributed by atoms with van der Waals surface area (Å²) in [6.45, 7) is 0. The number of fused-ring (bicyclic) bond motifs is 1. The number of halogens is 1. The molecule has 2 rings (SSSR count). The summed E-state index contributed by atoms with van der Waals surface area (Å²) in [6, 6.07) is 3.52. The summed E-state index contributed by atoms with van der Waals surface area (Å²) >= 11 is 3.30. The summed E-state index contributed by atoms with van der Waals surface area (Å²) < 4.78 is 5.77. The third kappa shape index (κ3) is 1.25. The molecule has 68 valence electrons. The molecule has 0 aliphatic carbocycles. The SMILES string of the molecule is COc1cc(Br)c2c(=O)[nH][nH]c2c1. The number of hydrogen-bond donors (Lipinski definition) is 2. The molecule has 0 aliphatic heterocycles. The topological polar surface area (TPSA) is 57.9 Å². The van der Waals surface area contributed by atoms with Gasteiger partial charge in [-0.05, 0) is 22.0 Å². The van der Waals surface area contributed by atoms with Crippen molar-refractivity contribution < 1.29 is 4.74 Å². The number of nitrogens with one attached hydrogen (secondary N) is 2.